The van der Waals surface area contributed by atoms with Crippen molar-refractivity contribution in [2.45, 2.75) is 26.3 Å². The molecule has 0 heterocycles. The molecule has 0 spiro atoms. The maximum atomic E-state index is 11.5. The molecule has 0 unspecified atom stereocenters. The lowest BCUT2D eigenvalue weighted by Gasteiger charge is -2.25. The average Bonchev–Trinajstić information content (AvgIpc) is 2.32. The molecule has 0 radical (unpaired) electrons. The molecule has 0 saturated carbocycles. The van der Waals surface area contributed by atoms with E-state index >= 15 is 0 Å². The predicted molar refractivity (Wildman–Crippen MR) is 71.6 cm³/mol. The van der Waals surface area contributed by atoms with Gasteiger partial charge in [0.15, 0.2) is 0 Å². The van der Waals surface area contributed by atoms with Crippen LogP contribution in [0.25, 0.3) is 0 Å². The number of anilines is 2. The quantitative estimate of drug-likeness (QED) is 0.548. The van der Waals surface area contributed by atoms with E-state index in [1.807, 2.05) is 13.8 Å². The highest BCUT2D eigenvalue weighted by molar-refractivity contribution is 5.92. The van der Waals surface area contributed by atoms with Gasteiger partial charge in [-0.2, -0.15) is 0 Å². The molecule has 0 aromatic heterocycles. The number of aliphatic hydroxyl groups excluding tert-OH is 1. The molecule has 1 aromatic carbocycles. The van der Waals surface area contributed by atoms with E-state index in [2.05, 4.69) is 5.32 Å². The molecule has 4 N–H and O–H groups in total. The number of nitrogens with one attached hydrogen (secondary N) is 1. The molecule has 0 aliphatic rings. The standard InChI is InChI=1S/C13H20N2O3/c1-4-18-12(17)9-5-6-11(10(14)7-9)15-13(2,3)8-16/h5-7,15-16H,4,8,14H2,1-3H3. The number of carbonyl (C=O) groups excluding carboxylic acids is 1. The van der Waals surface area contributed by atoms with Gasteiger partial charge in [0, 0.05) is 0 Å². The fourth-order valence-electron chi connectivity index (χ4n) is 1.42. The van der Waals surface area contributed by atoms with E-state index in [1.165, 1.54) is 0 Å². The van der Waals surface area contributed by atoms with Crippen molar-refractivity contribution in [3.63, 3.8) is 0 Å². The van der Waals surface area contributed by atoms with E-state index in [4.69, 9.17) is 10.5 Å². The summed E-state index contributed by atoms with van der Waals surface area (Å²) < 4.78 is 4.89. The van der Waals surface area contributed by atoms with E-state index in [9.17, 15) is 9.90 Å². The zero-order valence-electron chi connectivity index (χ0n) is 11.0. The highest BCUT2D eigenvalue weighted by Gasteiger charge is 2.17. The first kappa shape index (κ1) is 14.3. The number of hydrogen-bond acceptors (Lipinski definition) is 5. The Balaban J connectivity index is 2.89. The minimum atomic E-state index is -0.473. The van der Waals surface area contributed by atoms with Crippen LogP contribution in [0.3, 0.4) is 0 Å². The summed E-state index contributed by atoms with van der Waals surface area (Å²) in [6, 6.07) is 4.91. The average molecular weight is 252 g/mol. The molecule has 0 atom stereocenters. The number of benzene rings is 1. The maximum Gasteiger partial charge on any atom is 0.338 e. The van der Waals surface area contributed by atoms with Gasteiger partial charge in [-0.1, -0.05) is 0 Å². The van der Waals surface area contributed by atoms with Gasteiger partial charge >= 0.3 is 5.97 Å². The number of aliphatic hydroxyl groups is 1. The maximum absolute atomic E-state index is 11.5. The number of nitrogens with two attached hydrogens (primary N) is 1. The highest BCUT2D eigenvalue weighted by atomic mass is 16.5. The van der Waals surface area contributed by atoms with E-state index in [0.717, 1.165) is 0 Å². The van der Waals surface area contributed by atoms with E-state index < -0.39 is 11.5 Å². The summed E-state index contributed by atoms with van der Waals surface area (Å²) >= 11 is 0. The molecule has 100 valence electrons. The van der Waals surface area contributed by atoms with Crippen molar-refractivity contribution in [1.82, 2.24) is 0 Å². The van der Waals surface area contributed by atoms with Gasteiger partial charge in [0.05, 0.1) is 35.7 Å². The second kappa shape index (κ2) is 5.73. The van der Waals surface area contributed by atoms with Crippen LogP contribution in [0.2, 0.25) is 0 Å². The topological polar surface area (TPSA) is 84.6 Å². The Bertz CT molecular complexity index is 430. The van der Waals surface area contributed by atoms with Gasteiger partial charge in [-0.05, 0) is 39.0 Å². The van der Waals surface area contributed by atoms with E-state index in [-0.39, 0.29) is 6.61 Å². The molecule has 5 nitrogen and oxygen atoms in total. The Hall–Kier alpha value is -1.75. The Morgan fingerprint density at radius 2 is 2.17 bits per heavy atom. The lowest BCUT2D eigenvalue weighted by atomic mass is 10.1. The van der Waals surface area contributed by atoms with E-state index in [1.54, 1.807) is 25.1 Å². The molecule has 0 aliphatic carbocycles. The summed E-state index contributed by atoms with van der Waals surface area (Å²) in [5.74, 6) is -0.392. The van der Waals surface area contributed by atoms with Gasteiger partial charge in [-0.15, -0.1) is 0 Å². The van der Waals surface area contributed by atoms with Crippen molar-refractivity contribution < 1.29 is 14.6 Å². The van der Waals surface area contributed by atoms with Gasteiger partial charge in [0.2, 0.25) is 0 Å². The summed E-state index contributed by atoms with van der Waals surface area (Å²) in [5, 5.41) is 12.3. The normalized spacial score (nSPS) is 11.1. The van der Waals surface area contributed by atoms with Gasteiger partial charge in [0.25, 0.3) is 0 Å². The second-order valence-electron chi connectivity index (χ2n) is 4.69. The Kier molecular flexibility index (Phi) is 4.55. The predicted octanol–water partition coefficient (Wildman–Crippen LogP) is 1.63. The smallest absolute Gasteiger partial charge is 0.338 e. The number of ether oxygens (including phenoxy) is 1. The molecular weight excluding hydrogens is 232 g/mol. The third-order valence-electron chi connectivity index (χ3n) is 2.43. The lowest BCUT2D eigenvalue weighted by molar-refractivity contribution is 0.0526. The van der Waals surface area contributed by atoms with Crippen LogP contribution in [0.5, 0.6) is 0 Å². The highest BCUT2D eigenvalue weighted by Crippen LogP contribution is 2.23. The Morgan fingerprint density at radius 1 is 1.50 bits per heavy atom. The molecule has 1 aromatic rings. The molecule has 0 saturated heterocycles. The minimum absolute atomic E-state index is 0.0218. The Morgan fingerprint density at radius 3 is 2.67 bits per heavy atom. The van der Waals surface area contributed by atoms with Crippen molar-refractivity contribution >= 4 is 17.3 Å². The molecule has 18 heavy (non-hydrogen) atoms. The van der Waals surface area contributed by atoms with Crippen LogP contribution < -0.4 is 11.1 Å². The fourth-order valence-corrected chi connectivity index (χ4v) is 1.42. The van der Waals surface area contributed by atoms with Crippen LogP contribution in [-0.4, -0.2) is 29.8 Å². The van der Waals surface area contributed by atoms with Crippen molar-refractivity contribution in [3.05, 3.63) is 23.8 Å². The summed E-state index contributed by atoms with van der Waals surface area (Å²) in [6.45, 7) is 5.76. The van der Waals surface area contributed by atoms with E-state index in [0.29, 0.717) is 23.5 Å². The third kappa shape index (κ3) is 3.63. The molecule has 1 rings (SSSR count). The summed E-state index contributed by atoms with van der Waals surface area (Å²) in [4.78, 5) is 11.5. The number of esters is 1. The van der Waals surface area contributed by atoms with Crippen molar-refractivity contribution in [2.24, 2.45) is 0 Å². The molecule has 0 amide bonds. The largest absolute Gasteiger partial charge is 0.462 e. The second-order valence-corrected chi connectivity index (χ2v) is 4.69. The summed E-state index contributed by atoms with van der Waals surface area (Å²) in [5.41, 5.74) is 6.94. The zero-order valence-corrected chi connectivity index (χ0v) is 11.0. The number of hydrogen-bond donors (Lipinski definition) is 3. The van der Waals surface area contributed by atoms with Gasteiger partial charge < -0.3 is 20.9 Å². The zero-order chi connectivity index (χ0) is 13.8. The number of rotatable bonds is 5. The van der Waals surface area contributed by atoms with Crippen molar-refractivity contribution in [2.75, 3.05) is 24.3 Å². The molecule has 0 bridgehead atoms. The minimum Gasteiger partial charge on any atom is -0.462 e. The third-order valence-corrected chi connectivity index (χ3v) is 2.43. The van der Waals surface area contributed by atoms with Crippen LogP contribution in [-0.2, 0) is 4.74 Å². The molecular formula is C13H20N2O3. The summed E-state index contributed by atoms with van der Waals surface area (Å²) in [7, 11) is 0. The van der Waals surface area contributed by atoms with Gasteiger partial charge in [-0.25, -0.2) is 4.79 Å². The first-order valence-electron chi connectivity index (χ1n) is 5.85. The SMILES string of the molecule is CCOC(=O)c1ccc(NC(C)(C)CO)c(N)c1. The molecule has 5 heteroatoms. The number of nitrogen functional groups attached to an aromatic ring is 1. The molecule has 0 fully saturated rings. The van der Waals surface area contributed by atoms with Crippen LogP contribution in [0.1, 0.15) is 31.1 Å². The van der Waals surface area contributed by atoms with Crippen LogP contribution in [0.4, 0.5) is 11.4 Å². The fraction of sp³-hybridized carbons (Fsp3) is 0.462. The first-order valence-corrected chi connectivity index (χ1v) is 5.85. The van der Waals surface area contributed by atoms with Crippen molar-refractivity contribution in [3.8, 4) is 0 Å². The molecule has 0 aliphatic heterocycles. The monoisotopic (exact) mass is 252 g/mol. The first-order chi connectivity index (χ1) is 8.39. The Labute approximate surface area is 107 Å². The number of carbonyl (C=O) groups is 1. The van der Waals surface area contributed by atoms with Crippen LogP contribution >= 0.6 is 0 Å². The summed E-state index contributed by atoms with van der Waals surface area (Å²) in [6.07, 6.45) is 0. The van der Waals surface area contributed by atoms with Crippen LogP contribution in [0, 0.1) is 0 Å². The van der Waals surface area contributed by atoms with Crippen LogP contribution in [0.15, 0.2) is 18.2 Å². The lowest BCUT2D eigenvalue weighted by Crippen LogP contribution is -2.35. The van der Waals surface area contributed by atoms with Crippen molar-refractivity contribution in [1.29, 1.82) is 0 Å². The van der Waals surface area contributed by atoms with Gasteiger partial charge in [-0.3, -0.25) is 0 Å². The van der Waals surface area contributed by atoms with Gasteiger partial charge in [0.1, 0.15) is 0 Å².